The van der Waals surface area contributed by atoms with Gasteiger partial charge in [0, 0.05) is 0 Å². The molecule has 0 fully saturated rings. The molecule has 1 aromatic rings. The second-order valence-corrected chi connectivity index (χ2v) is 8.22. The highest BCUT2D eigenvalue weighted by Gasteiger charge is 2.27. The molecule has 1 rings (SSSR count). The Hall–Kier alpha value is -2.22. The third-order valence-corrected chi connectivity index (χ3v) is 4.38. The quantitative estimate of drug-likeness (QED) is 0.608. The molecule has 156 valence electrons. The Morgan fingerprint density at radius 3 is 2.29 bits per heavy atom. The number of hydrogen-bond donors (Lipinski definition) is 2. The molecule has 8 heteroatoms. The van der Waals surface area contributed by atoms with Crippen molar-refractivity contribution < 1.29 is 23.9 Å². The van der Waals surface area contributed by atoms with Gasteiger partial charge in [-0.1, -0.05) is 30.3 Å². The minimum absolute atomic E-state index is 0.00601. The standard InChI is InChI=1S/C20H30N2O5S/c1-20(2,3)27-19(25)22-15(11-12-28-5)18(24)21-16(13-17(23)26-4)14-9-7-6-8-10-14/h6-10,15-16H,11-13H2,1-5H3,(H,21,24)(H,22,25). The fourth-order valence-electron chi connectivity index (χ4n) is 2.41. The van der Waals surface area contributed by atoms with Gasteiger partial charge in [-0.05, 0) is 44.8 Å². The molecule has 2 N–H and O–H groups in total. The molecule has 1 aromatic carbocycles. The number of rotatable bonds is 9. The Morgan fingerprint density at radius 1 is 1.11 bits per heavy atom. The van der Waals surface area contributed by atoms with Gasteiger partial charge in [0.2, 0.25) is 5.91 Å². The molecular formula is C20H30N2O5S. The summed E-state index contributed by atoms with van der Waals surface area (Å²) in [6.45, 7) is 5.27. The highest BCUT2D eigenvalue weighted by atomic mass is 32.2. The van der Waals surface area contributed by atoms with E-state index in [9.17, 15) is 14.4 Å². The van der Waals surface area contributed by atoms with E-state index in [1.807, 2.05) is 36.6 Å². The molecule has 0 aromatic heterocycles. The third kappa shape index (κ3) is 9.12. The normalized spacial score (nSPS) is 13.2. The molecule has 0 aliphatic heterocycles. The van der Waals surface area contributed by atoms with E-state index >= 15 is 0 Å². The van der Waals surface area contributed by atoms with Crippen LogP contribution >= 0.6 is 11.8 Å². The molecule has 2 atom stereocenters. The van der Waals surface area contributed by atoms with Crippen LogP contribution in [0.5, 0.6) is 0 Å². The fourth-order valence-corrected chi connectivity index (χ4v) is 2.89. The van der Waals surface area contributed by atoms with E-state index < -0.39 is 29.7 Å². The number of benzene rings is 1. The lowest BCUT2D eigenvalue weighted by Crippen LogP contribution is -2.49. The van der Waals surface area contributed by atoms with Gasteiger partial charge in [-0.2, -0.15) is 11.8 Å². The van der Waals surface area contributed by atoms with Gasteiger partial charge in [0.15, 0.2) is 0 Å². The first-order valence-electron chi connectivity index (χ1n) is 9.07. The van der Waals surface area contributed by atoms with E-state index in [1.165, 1.54) is 7.11 Å². The summed E-state index contributed by atoms with van der Waals surface area (Å²) in [5.74, 6) is -0.131. The molecular weight excluding hydrogens is 380 g/mol. The Morgan fingerprint density at radius 2 is 1.75 bits per heavy atom. The van der Waals surface area contributed by atoms with Crippen LogP contribution in [-0.4, -0.2) is 48.7 Å². The van der Waals surface area contributed by atoms with E-state index in [0.717, 1.165) is 5.56 Å². The summed E-state index contributed by atoms with van der Waals surface area (Å²) in [6.07, 6.45) is 1.70. The average molecular weight is 411 g/mol. The Balaban J connectivity index is 2.91. The number of esters is 1. The van der Waals surface area contributed by atoms with Crippen LogP contribution in [0.2, 0.25) is 0 Å². The predicted octanol–water partition coefficient (Wildman–Crippen LogP) is 3.05. The van der Waals surface area contributed by atoms with Gasteiger partial charge in [0.1, 0.15) is 11.6 Å². The van der Waals surface area contributed by atoms with Crippen LogP contribution in [0.15, 0.2) is 30.3 Å². The second kappa shape index (κ2) is 11.6. The number of thioether (sulfide) groups is 1. The summed E-state index contributed by atoms with van der Waals surface area (Å²) >= 11 is 1.57. The number of methoxy groups -OCH3 is 1. The smallest absolute Gasteiger partial charge is 0.408 e. The second-order valence-electron chi connectivity index (χ2n) is 7.23. The molecule has 0 saturated carbocycles. The van der Waals surface area contributed by atoms with E-state index in [4.69, 9.17) is 9.47 Å². The first-order chi connectivity index (χ1) is 13.2. The van der Waals surface area contributed by atoms with Crippen LogP contribution in [0.25, 0.3) is 0 Å². The highest BCUT2D eigenvalue weighted by molar-refractivity contribution is 7.98. The summed E-state index contributed by atoms with van der Waals surface area (Å²) in [6, 6.07) is 7.83. The lowest BCUT2D eigenvalue weighted by molar-refractivity contribution is -0.141. The van der Waals surface area contributed by atoms with Crippen molar-refractivity contribution in [2.24, 2.45) is 0 Å². The number of hydrogen-bond acceptors (Lipinski definition) is 6. The van der Waals surface area contributed by atoms with Crippen molar-refractivity contribution in [1.82, 2.24) is 10.6 Å². The molecule has 0 bridgehead atoms. The predicted molar refractivity (Wildman–Crippen MR) is 110 cm³/mol. The molecule has 0 aliphatic carbocycles. The summed E-state index contributed by atoms with van der Waals surface area (Å²) in [7, 11) is 1.30. The van der Waals surface area contributed by atoms with Crippen LogP contribution in [-0.2, 0) is 19.1 Å². The lowest BCUT2D eigenvalue weighted by Gasteiger charge is -2.25. The molecule has 2 amide bonds. The number of ether oxygens (including phenoxy) is 2. The van der Waals surface area contributed by atoms with Crippen molar-refractivity contribution in [2.45, 2.75) is 51.3 Å². The van der Waals surface area contributed by atoms with Crippen LogP contribution in [0.3, 0.4) is 0 Å². The molecule has 0 spiro atoms. The van der Waals surface area contributed by atoms with Gasteiger partial charge >= 0.3 is 12.1 Å². The van der Waals surface area contributed by atoms with Crippen molar-refractivity contribution in [3.05, 3.63) is 35.9 Å². The Labute approximate surface area is 170 Å². The first-order valence-corrected chi connectivity index (χ1v) is 10.5. The average Bonchev–Trinajstić information content (AvgIpc) is 2.63. The zero-order valence-corrected chi connectivity index (χ0v) is 17.9. The van der Waals surface area contributed by atoms with E-state index in [0.29, 0.717) is 12.2 Å². The molecule has 0 saturated heterocycles. The van der Waals surface area contributed by atoms with Gasteiger partial charge in [0.25, 0.3) is 0 Å². The van der Waals surface area contributed by atoms with Gasteiger partial charge in [-0.3, -0.25) is 9.59 Å². The lowest BCUT2D eigenvalue weighted by atomic mass is 10.0. The maximum atomic E-state index is 12.9. The van der Waals surface area contributed by atoms with Gasteiger partial charge < -0.3 is 20.1 Å². The monoisotopic (exact) mass is 410 g/mol. The molecule has 0 radical (unpaired) electrons. The molecule has 0 heterocycles. The number of carbonyl (C=O) groups excluding carboxylic acids is 3. The number of carbonyl (C=O) groups is 3. The number of amides is 2. The third-order valence-electron chi connectivity index (χ3n) is 3.73. The van der Waals surface area contributed by atoms with Crippen molar-refractivity contribution in [3.63, 3.8) is 0 Å². The SMILES string of the molecule is COC(=O)CC(NC(=O)C(CCSC)NC(=O)OC(C)(C)C)c1ccccc1. The van der Waals surface area contributed by atoms with E-state index in [2.05, 4.69) is 10.6 Å². The Kier molecular flexibility index (Phi) is 9.85. The maximum absolute atomic E-state index is 12.9. The van der Waals surface area contributed by atoms with Gasteiger partial charge in [-0.25, -0.2) is 4.79 Å². The Bertz CT molecular complexity index is 646. The zero-order valence-electron chi connectivity index (χ0n) is 17.1. The van der Waals surface area contributed by atoms with E-state index in [1.54, 1.807) is 32.5 Å². The van der Waals surface area contributed by atoms with Crippen molar-refractivity contribution in [2.75, 3.05) is 19.1 Å². The van der Waals surface area contributed by atoms with Gasteiger partial charge in [-0.15, -0.1) is 0 Å². The van der Waals surface area contributed by atoms with Crippen LogP contribution in [0, 0.1) is 0 Å². The van der Waals surface area contributed by atoms with Crippen molar-refractivity contribution >= 4 is 29.7 Å². The maximum Gasteiger partial charge on any atom is 0.408 e. The molecule has 28 heavy (non-hydrogen) atoms. The summed E-state index contributed by atoms with van der Waals surface area (Å²) in [5, 5.41) is 5.49. The van der Waals surface area contributed by atoms with Crippen LogP contribution in [0.1, 0.15) is 45.2 Å². The first kappa shape index (κ1) is 23.8. The summed E-state index contributed by atoms with van der Waals surface area (Å²) in [5.41, 5.74) is 0.115. The van der Waals surface area contributed by atoms with Crippen molar-refractivity contribution in [3.8, 4) is 0 Å². The molecule has 7 nitrogen and oxygen atoms in total. The summed E-state index contributed by atoms with van der Waals surface area (Å²) < 4.78 is 10.0. The zero-order chi connectivity index (χ0) is 21.2. The van der Waals surface area contributed by atoms with Gasteiger partial charge in [0.05, 0.1) is 19.6 Å². The topological polar surface area (TPSA) is 93.7 Å². The molecule has 2 unspecified atom stereocenters. The minimum atomic E-state index is -0.772. The van der Waals surface area contributed by atoms with Crippen LogP contribution in [0.4, 0.5) is 4.79 Å². The van der Waals surface area contributed by atoms with E-state index in [-0.39, 0.29) is 12.3 Å². The number of alkyl carbamates (subject to hydrolysis) is 1. The van der Waals surface area contributed by atoms with Crippen molar-refractivity contribution in [1.29, 1.82) is 0 Å². The minimum Gasteiger partial charge on any atom is -0.469 e. The molecule has 0 aliphatic rings. The fraction of sp³-hybridized carbons (Fsp3) is 0.550. The number of nitrogens with one attached hydrogen (secondary N) is 2. The largest absolute Gasteiger partial charge is 0.469 e. The highest BCUT2D eigenvalue weighted by Crippen LogP contribution is 2.18. The summed E-state index contributed by atoms with van der Waals surface area (Å²) in [4.78, 5) is 36.8. The van der Waals surface area contributed by atoms with Crippen LogP contribution < -0.4 is 10.6 Å².